The molecule has 2 aliphatic rings. The first kappa shape index (κ1) is 24.1. The highest BCUT2D eigenvalue weighted by molar-refractivity contribution is 8.15. The largest absolute Gasteiger partial charge is 0.497 e. The summed E-state index contributed by atoms with van der Waals surface area (Å²) in [5.41, 5.74) is 2.19. The quantitative estimate of drug-likeness (QED) is 0.571. The molecule has 0 aromatic heterocycles. The number of urea groups is 1. The molecule has 7 nitrogen and oxygen atoms in total. The summed E-state index contributed by atoms with van der Waals surface area (Å²) in [4.78, 5) is 25.0. The van der Waals surface area contributed by atoms with Gasteiger partial charge in [-0.25, -0.2) is 9.79 Å². The lowest BCUT2D eigenvalue weighted by molar-refractivity contribution is 0.175. The maximum Gasteiger partial charge on any atom is 0.321 e. The number of para-hydroxylation sites is 2. The minimum absolute atomic E-state index is 0.121. The smallest absolute Gasteiger partial charge is 0.321 e. The fraction of sp³-hybridized carbons (Fsp3) is 0.423. The van der Waals surface area contributed by atoms with E-state index in [0.717, 1.165) is 34.2 Å². The average Bonchev–Trinajstić information content (AvgIpc) is 3.22. The lowest BCUT2D eigenvalue weighted by Crippen LogP contribution is -2.46. The van der Waals surface area contributed by atoms with E-state index in [9.17, 15) is 4.79 Å². The molecule has 1 saturated heterocycles. The Kier molecular flexibility index (Phi) is 7.77. The summed E-state index contributed by atoms with van der Waals surface area (Å²) in [5, 5.41) is 4.00. The Hall–Kier alpha value is -3.00. The van der Waals surface area contributed by atoms with Gasteiger partial charge in [0.05, 0.1) is 25.1 Å². The summed E-state index contributed by atoms with van der Waals surface area (Å²) in [6.07, 6.45) is 2.47. The minimum atomic E-state index is -0.495. The number of methoxy groups -OCH3 is 1. The number of thioether (sulfide) groups is 1. The van der Waals surface area contributed by atoms with Gasteiger partial charge in [-0.05, 0) is 55.5 Å². The molecule has 1 fully saturated rings. The van der Waals surface area contributed by atoms with Crippen LogP contribution in [0.4, 0.5) is 10.5 Å². The van der Waals surface area contributed by atoms with Crippen LogP contribution in [0.25, 0.3) is 0 Å². The highest BCUT2D eigenvalue weighted by Crippen LogP contribution is 2.36. The molecule has 2 amide bonds. The van der Waals surface area contributed by atoms with E-state index in [1.165, 1.54) is 0 Å². The first-order chi connectivity index (χ1) is 16.6. The van der Waals surface area contributed by atoms with Gasteiger partial charge >= 0.3 is 6.03 Å². The minimum Gasteiger partial charge on any atom is -0.497 e. The monoisotopic (exact) mass is 480 g/mol. The van der Waals surface area contributed by atoms with Crippen molar-refractivity contribution in [3.05, 3.63) is 54.1 Å². The van der Waals surface area contributed by atoms with Crippen LogP contribution >= 0.6 is 11.8 Å². The number of hydrogen-bond acceptors (Lipinski definition) is 6. The number of anilines is 1. The van der Waals surface area contributed by atoms with Crippen molar-refractivity contribution in [2.45, 2.75) is 38.8 Å². The molecule has 0 aliphatic carbocycles. The number of rotatable bonds is 7. The highest BCUT2D eigenvalue weighted by Gasteiger charge is 2.40. The van der Waals surface area contributed by atoms with E-state index >= 15 is 0 Å². The summed E-state index contributed by atoms with van der Waals surface area (Å²) in [6.45, 7) is 5.83. The number of carbonyl (C=O) groups excluding carboxylic acids is 1. The molecule has 1 N–H and O–H groups in total. The second-order valence-corrected chi connectivity index (χ2v) is 9.37. The standard InChI is InChI=1S/C26H32N4O3S/c1-4-18-34-24-23(19-10-12-20(32-3)13-11-19)28-26(29-24)14-16-30(17-15-26)25(31)27-21-8-6-7-9-22(21)33-5-2/h6-13H,4-5,14-18H2,1-3H3,(H,27,31). The van der Waals surface area contributed by atoms with Crippen LogP contribution in [-0.2, 0) is 0 Å². The molecule has 0 saturated carbocycles. The molecule has 8 heteroatoms. The number of hydrogen-bond donors (Lipinski definition) is 1. The van der Waals surface area contributed by atoms with Crippen LogP contribution < -0.4 is 14.8 Å². The van der Waals surface area contributed by atoms with Crippen molar-refractivity contribution >= 4 is 34.2 Å². The maximum atomic E-state index is 13.0. The lowest BCUT2D eigenvalue weighted by Gasteiger charge is -2.35. The Balaban J connectivity index is 1.47. The summed E-state index contributed by atoms with van der Waals surface area (Å²) < 4.78 is 10.9. The third kappa shape index (κ3) is 5.38. The van der Waals surface area contributed by atoms with E-state index < -0.39 is 5.66 Å². The Bertz CT molecular complexity index is 1060. The molecule has 4 rings (SSSR count). The van der Waals surface area contributed by atoms with Gasteiger partial charge in [-0.2, -0.15) is 0 Å². The van der Waals surface area contributed by atoms with E-state index in [4.69, 9.17) is 19.5 Å². The number of benzene rings is 2. The normalized spacial score (nSPS) is 16.7. The first-order valence-corrected chi connectivity index (χ1v) is 12.8. The molecule has 34 heavy (non-hydrogen) atoms. The lowest BCUT2D eigenvalue weighted by atomic mass is 9.98. The fourth-order valence-corrected chi connectivity index (χ4v) is 5.03. The molecule has 2 aliphatic heterocycles. The second kappa shape index (κ2) is 11.0. The molecule has 2 aromatic carbocycles. The summed E-state index contributed by atoms with van der Waals surface area (Å²) in [5.74, 6) is 2.50. The van der Waals surface area contributed by atoms with Crippen LogP contribution in [0, 0.1) is 0 Å². The van der Waals surface area contributed by atoms with Gasteiger partial charge < -0.3 is 19.7 Å². The van der Waals surface area contributed by atoms with Crippen molar-refractivity contribution in [2.75, 3.05) is 37.9 Å². The van der Waals surface area contributed by atoms with Crippen molar-refractivity contribution in [1.29, 1.82) is 0 Å². The number of piperidine rings is 1. The van der Waals surface area contributed by atoms with Crippen molar-refractivity contribution in [3.63, 3.8) is 0 Å². The van der Waals surface area contributed by atoms with Crippen LogP contribution in [0.15, 0.2) is 58.5 Å². The third-order valence-corrected chi connectivity index (χ3v) is 7.09. The van der Waals surface area contributed by atoms with Crippen molar-refractivity contribution in [1.82, 2.24) is 4.90 Å². The van der Waals surface area contributed by atoms with Crippen molar-refractivity contribution in [2.24, 2.45) is 9.98 Å². The van der Waals surface area contributed by atoms with Gasteiger partial charge in [-0.15, -0.1) is 11.8 Å². The number of amides is 2. The number of nitrogens with zero attached hydrogens (tertiary/aromatic N) is 3. The van der Waals surface area contributed by atoms with Gasteiger partial charge in [0.15, 0.2) is 5.66 Å². The van der Waals surface area contributed by atoms with E-state index in [2.05, 4.69) is 12.2 Å². The topological polar surface area (TPSA) is 75.5 Å². The number of aliphatic imine (C=N–C) groups is 2. The van der Waals surface area contributed by atoms with Crippen LogP contribution in [-0.4, -0.2) is 59.9 Å². The highest BCUT2D eigenvalue weighted by atomic mass is 32.2. The Morgan fingerprint density at radius 3 is 2.50 bits per heavy atom. The Labute approximate surface area is 205 Å². The summed E-state index contributed by atoms with van der Waals surface area (Å²) >= 11 is 1.76. The van der Waals surface area contributed by atoms with Gasteiger partial charge in [0.2, 0.25) is 0 Å². The number of nitrogens with one attached hydrogen (secondary N) is 1. The van der Waals surface area contributed by atoms with Crippen LogP contribution in [0.3, 0.4) is 0 Å². The summed E-state index contributed by atoms with van der Waals surface area (Å²) in [7, 11) is 1.67. The number of likely N-dealkylation sites (tertiary alicyclic amines) is 1. The zero-order valence-electron chi connectivity index (χ0n) is 20.0. The molecule has 0 radical (unpaired) electrons. The first-order valence-electron chi connectivity index (χ1n) is 11.8. The molecule has 0 atom stereocenters. The average molecular weight is 481 g/mol. The Morgan fingerprint density at radius 1 is 1.09 bits per heavy atom. The maximum absolute atomic E-state index is 13.0. The van der Waals surface area contributed by atoms with Gasteiger partial charge in [0.1, 0.15) is 16.5 Å². The van der Waals surface area contributed by atoms with E-state index in [0.29, 0.717) is 44.0 Å². The predicted molar refractivity (Wildman–Crippen MR) is 140 cm³/mol. The predicted octanol–water partition coefficient (Wildman–Crippen LogP) is 5.46. The molecular formula is C26H32N4O3S. The molecule has 1 spiro atoms. The zero-order chi connectivity index (χ0) is 24.0. The van der Waals surface area contributed by atoms with Crippen LogP contribution in [0.1, 0.15) is 38.7 Å². The second-order valence-electron chi connectivity index (χ2n) is 8.28. The van der Waals surface area contributed by atoms with Gasteiger partial charge in [0, 0.05) is 31.5 Å². The van der Waals surface area contributed by atoms with Crippen LogP contribution in [0.5, 0.6) is 11.5 Å². The van der Waals surface area contributed by atoms with E-state index in [-0.39, 0.29) is 6.03 Å². The van der Waals surface area contributed by atoms with Gasteiger partial charge in [-0.3, -0.25) is 4.99 Å². The molecule has 0 unspecified atom stereocenters. The van der Waals surface area contributed by atoms with E-state index in [1.54, 1.807) is 18.9 Å². The molecule has 180 valence electrons. The molecule has 2 heterocycles. The van der Waals surface area contributed by atoms with Crippen LogP contribution in [0.2, 0.25) is 0 Å². The fourth-order valence-electron chi connectivity index (χ4n) is 4.10. The Morgan fingerprint density at radius 2 is 1.82 bits per heavy atom. The molecule has 0 bridgehead atoms. The number of carbonyl (C=O) groups is 1. The molecular weight excluding hydrogens is 448 g/mol. The number of ether oxygens (including phenoxy) is 2. The third-order valence-electron chi connectivity index (χ3n) is 5.92. The van der Waals surface area contributed by atoms with E-state index in [1.807, 2.05) is 60.4 Å². The van der Waals surface area contributed by atoms with Crippen molar-refractivity contribution < 1.29 is 14.3 Å². The zero-order valence-corrected chi connectivity index (χ0v) is 20.9. The summed E-state index contributed by atoms with van der Waals surface area (Å²) in [6, 6.07) is 15.4. The van der Waals surface area contributed by atoms with Gasteiger partial charge in [0.25, 0.3) is 0 Å². The molecule has 2 aromatic rings. The SMILES string of the molecule is CCCSC1=NC2(CCN(C(=O)Nc3ccccc3OCC)CC2)N=C1c1ccc(OC)cc1. The van der Waals surface area contributed by atoms with Gasteiger partial charge in [-0.1, -0.05) is 19.1 Å². The van der Waals surface area contributed by atoms with Crippen molar-refractivity contribution in [3.8, 4) is 11.5 Å².